The number of carbonyl (C=O) groups is 1. The fourth-order valence-corrected chi connectivity index (χ4v) is 4.55. The van der Waals surface area contributed by atoms with E-state index < -0.39 is 31.7 Å². The third-order valence-corrected chi connectivity index (χ3v) is 7.21. The van der Waals surface area contributed by atoms with Crippen LogP contribution in [0.2, 0.25) is 0 Å². The molecule has 0 fully saturated rings. The quantitative estimate of drug-likeness (QED) is 0.220. The first-order valence-corrected chi connectivity index (χ1v) is 13.4. The minimum absolute atomic E-state index is 0. The van der Waals surface area contributed by atoms with Crippen LogP contribution in [-0.4, -0.2) is 106 Å². The van der Waals surface area contributed by atoms with Crippen LogP contribution in [0.3, 0.4) is 0 Å². The van der Waals surface area contributed by atoms with Crippen LogP contribution in [0.25, 0.3) is 11.8 Å². The molecule has 2 radical (unpaired) electrons. The van der Waals surface area contributed by atoms with E-state index in [9.17, 15) is 26.4 Å². The topological polar surface area (TPSA) is 179 Å². The summed E-state index contributed by atoms with van der Waals surface area (Å²) < 4.78 is 64.3. The Morgan fingerprint density at radius 3 is 1.79 bits per heavy atom. The van der Waals surface area contributed by atoms with Crippen molar-refractivity contribution < 1.29 is 30.7 Å². The number of aryl methyl sites for hydroxylation is 1. The van der Waals surface area contributed by atoms with Gasteiger partial charge in [-0.25, -0.2) is 4.68 Å². The van der Waals surface area contributed by atoms with Crippen molar-refractivity contribution >= 4 is 103 Å². The molecule has 1 aliphatic rings. The summed E-state index contributed by atoms with van der Waals surface area (Å²) in [6.45, 7) is 3.29. The number of aromatic amines is 1. The third-order valence-electron chi connectivity index (χ3n) is 5.48. The van der Waals surface area contributed by atoms with Crippen molar-refractivity contribution in [3.8, 4) is 5.69 Å². The Morgan fingerprint density at radius 2 is 1.31 bits per heavy atom. The summed E-state index contributed by atoms with van der Waals surface area (Å²) in [5.41, 5.74) is 1.70. The maximum Gasteiger partial charge on any atom is 0.294 e. The maximum absolute atomic E-state index is 12.9. The van der Waals surface area contributed by atoms with Crippen LogP contribution < -0.4 is 10.6 Å². The van der Waals surface area contributed by atoms with Gasteiger partial charge >= 0.3 is 0 Å². The molecule has 3 aromatic rings. The van der Waals surface area contributed by atoms with Gasteiger partial charge in [0.15, 0.2) is 0 Å². The number of hydrogen-bond donors (Lipinski definition) is 3. The second-order valence-electron chi connectivity index (χ2n) is 7.97. The smallest absolute Gasteiger partial charge is 0.294 e. The molecule has 1 amide bonds. The first-order chi connectivity index (χ1) is 17.3. The molecule has 194 valence electrons. The molecule has 39 heavy (non-hydrogen) atoms. The van der Waals surface area contributed by atoms with Crippen molar-refractivity contribution in [3.05, 3.63) is 87.9 Å². The predicted octanol–water partition coefficient (Wildman–Crippen LogP) is 1.57. The number of hydrazone groups is 1. The van der Waals surface area contributed by atoms with Gasteiger partial charge in [-0.05, 0) is 74.5 Å². The van der Waals surface area contributed by atoms with E-state index in [1.165, 1.54) is 59.3 Å². The fraction of sp³-hybridized carbons (Fsp3) is 0.0870. The number of nitrogens with one attached hydrogen (secondary N) is 1. The van der Waals surface area contributed by atoms with Gasteiger partial charge in [0.2, 0.25) is 0 Å². The zero-order valence-electron chi connectivity index (χ0n) is 21.4. The number of hydrogen-bond acceptors (Lipinski definition) is 7. The Labute approximate surface area is 268 Å². The maximum atomic E-state index is 12.9. The molecule has 0 spiro atoms. The summed E-state index contributed by atoms with van der Waals surface area (Å²) in [5, 5.41) is 8.17. The van der Waals surface area contributed by atoms with Gasteiger partial charge in [-0.15, -0.1) is 0 Å². The summed E-state index contributed by atoms with van der Waals surface area (Å²) in [6, 6.07) is 10.1. The van der Waals surface area contributed by atoms with Gasteiger partial charge in [0, 0.05) is 64.8 Å². The van der Waals surface area contributed by atoms with Crippen LogP contribution in [0.5, 0.6) is 0 Å². The summed E-state index contributed by atoms with van der Waals surface area (Å²) in [4.78, 5) is 25.1. The Kier molecular flexibility index (Phi) is 10.7. The number of rotatable bonds is 6. The molecule has 4 rings (SSSR count). The van der Waals surface area contributed by atoms with Crippen LogP contribution in [0.4, 0.5) is 5.69 Å². The molecule has 0 atom stereocenters. The van der Waals surface area contributed by atoms with Crippen LogP contribution in [0.1, 0.15) is 18.2 Å². The fourth-order valence-electron chi connectivity index (χ4n) is 3.59. The second kappa shape index (κ2) is 12.6. The Hall–Kier alpha value is -2.11. The van der Waals surface area contributed by atoms with Crippen LogP contribution in [0, 0.1) is 6.92 Å². The van der Waals surface area contributed by atoms with Crippen molar-refractivity contribution in [2.24, 2.45) is 5.10 Å². The van der Waals surface area contributed by atoms with Gasteiger partial charge in [0.1, 0.15) is 0 Å². The molecule has 3 N–H and O–H groups in total. The van der Waals surface area contributed by atoms with Crippen molar-refractivity contribution in [1.29, 1.82) is 0 Å². The van der Waals surface area contributed by atoms with Gasteiger partial charge in [-0.3, -0.25) is 23.8 Å². The van der Waals surface area contributed by atoms with E-state index in [0.29, 0.717) is 28.3 Å². The van der Waals surface area contributed by atoms with E-state index in [-0.39, 0.29) is 74.5 Å². The normalized spacial score (nSPS) is 14.9. The molecule has 1 aromatic heterocycles. The van der Waals surface area contributed by atoms with E-state index in [4.69, 9.17) is 9.11 Å². The van der Waals surface area contributed by atoms with Crippen molar-refractivity contribution in [1.82, 2.24) is 9.78 Å². The van der Waals surface area contributed by atoms with Gasteiger partial charge in [-0.2, -0.15) is 26.9 Å². The first-order valence-electron chi connectivity index (χ1n) is 10.5. The Balaban J connectivity index is 0.00000267. The van der Waals surface area contributed by atoms with E-state index in [0.717, 1.165) is 17.1 Å². The van der Waals surface area contributed by atoms with E-state index in [1.807, 2.05) is 0 Å². The van der Waals surface area contributed by atoms with E-state index in [2.05, 4.69) is 10.2 Å². The number of allylic oxidation sites excluding steroid dienone is 2. The third kappa shape index (κ3) is 7.16. The summed E-state index contributed by atoms with van der Waals surface area (Å²) in [7, 11) is -8.74. The van der Waals surface area contributed by atoms with Gasteiger partial charge in [0.05, 0.1) is 38.0 Å². The van der Waals surface area contributed by atoms with Crippen molar-refractivity contribution in [2.45, 2.75) is 23.6 Å². The molecule has 16 heteroatoms. The zero-order valence-corrected chi connectivity index (χ0v) is 27.0. The molecule has 1 aliphatic heterocycles. The zero-order chi connectivity index (χ0) is 27.1. The van der Waals surface area contributed by atoms with Gasteiger partial charge in [0.25, 0.3) is 31.7 Å². The SMILES string of the molecule is CC1=NN(c2ccc(S(=O)(=O)O)cc2)C(=O)C1=CC=Cc1c(C)[nH]n(-c2ccc(S(=O)(=O)O)cc2)c1=O.[Na].[Na]. The van der Waals surface area contributed by atoms with Crippen LogP contribution in [-0.2, 0) is 25.0 Å². The average Bonchev–Trinajstić information content (AvgIpc) is 3.28. The largest absolute Gasteiger partial charge is 0.295 e. The molecule has 0 saturated carbocycles. The van der Waals surface area contributed by atoms with Crippen molar-refractivity contribution in [2.75, 3.05) is 5.01 Å². The first kappa shape index (κ1) is 33.1. The average molecular weight is 591 g/mol. The molecule has 0 aliphatic carbocycles. The number of anilines is 1. The second-order valence-corrected chi connectivity index (χ2v) is 10.8. The number of aromatic nitrogens is 2. The van der Waals surface area contributed by atoms with Crippen LogP contribution >= 0.6 is 0 Å². The van der Waals surface area contributed by atoms with E-state index >= 15 is 0 Å². The minimum Gasteiger partial charge on any atom is -0.295 e. The number of benzene rings is 2. The molecule has 0 unspecified atom stereocenters. The molecule has 0 bridgehead atoms. The summed E-state index contributed by atoms with van der Waals surface area (Å²) >= 11 is 0. The molecular formula is C23H20N4Na2O8S2. The number of amides is 1. The Bertz CT molecular complexity index is 1770. The van der Waals surface area contributed by atoms with Gasteiger partial charge in [-0.1, -0.05) is 6.08 Å². The molecular weight excluding hydrogens is 570 g/mol. The number of carbonyl (C=O) groups excluding carboxylic acids is 1. The minimum atomic E-state index is -4.37. The number of H-pyrrole nitrogens is 1. The standard InChI is InChI=1S/C23H20N4O8S2.2Na/c1-14-20(22(28)26(24-14)16-6-10-18(11-7-16)36(30,31)32)4-3-5-21-15(2)25-27(23(21)29)17-8-12-19(13-9-17)37(33,34)35;;/h3-13,24H,1-2H3,(H,30,31,32)(H,33,34,35);;. The van der Waals surface area contributed by atoms with Gasteiger partial charge < -0.3 is 0 Å². The predicted molar refractivity (Wildman–Crippen MR) is 146 cm³/mol. The van der Waals surface area contributed by atoms with Crippen molar-refractivity contribution in [3.63, 3.8) is 0 Å². The van der Waals surface area contributed by atoms with Crippen LogP contribution in [0.15, 0.2) is 85.9 Å². The number of nitrogens with zero attached hydrogens (tertiary/aromatic N) is 3. The Morgan fingerprint density at radius 1 is 0.821 bits per heavy atom. The molecule has 2 aromatic carbocycles. The monoisotopic (exact) mass is 590 g/mol. The van der Waals surface area contributed by atoms with E-state index in [1.54, 1.807) is 13.8 Å². The summed E-state index contributed by atoms with van der Waals surface area (Å²) in [5.74, 6) is -0.469. The summed E-state index contributed by atoms with van der Waals surface area (Å²) in [6.07, 6.45) is 4.51. The molecule has 12 nitrogen and oxygen atoms in total. The molecule has 0 saturated heterocycles. The molecule has 2 heterocycles.